The predicted octanol–water partition coefficient (Wildman–Crippen LogP) is 4.58. The number of aromatic nitrogens is 6. The molecule has 5 rings (SSSR count). The number of nitrogens with one attached hydrogen (secondary N) is 4. The zero-order chi connectivity index (χ0) is 31.3. The van der Waals surface area contributed by atoms with Crippen molar-refractivity contribution in [2.45, 2.75) is 44.2 Å². The molecule has 2 atom stereocenters. The maximum atomic E-state index is 13.1. The van der Waals surface area contributed by atoms with Crippen LogP contribution >= 0.6 is 11.6 Å². The molecule has 0 saturated heterocycles. The van der Waals surface area contributed by atoms with E-state index in [4.69, 9.17) is 16.3 Å². The number of anilines is 2. The summed E-state index contributed by atoms with van der Waals surface area (Å²) in [5, 5.41) is 30.7. The highest BCUT2D eigenvalue weighted by Gasteiger charge is 2.34. The monoisotopic (exact) mass is 619 g/mol. The number of carbonyl (C=O) groups is 3. The molecule has 2 bridgehead atoms. The molecule has 15 heteroatoms. The molecule has 0 saturated carbocycles. The SMILES string of the molecule is COC(=O)Nc1ccc2c(c1)N[C@](C)(C(=O)O)CCCC[C@H](NC(=O)/C=C/c1cc(Cl)ccc1-n1cnnn1)c1ncc-2[nH]1. The molecule has 0 aliphatic carbocycles. The van der Waals surface area contributed by atoms with E-state index < -0.39 is 23.6 Å². The summed E-state index contributed by atoms with van der Waals surface area (Å²) < 4.78 is 6.16. The van der Waals surface area contributed by atoms with Gasteiger partial charge in [-0.15, -0.1) is 5.10 Å². The second-order valence-corrected chi connectivity index (χ2v) is 10.9. The van der Waals surface area contributed by atoms with Gasteiger partial charge in [0.25, 0.3) is 0 Å². The van der Waals surface area contributed by atoms with Crippen LogP contribution in [-0.4, -0.2) is 65.9 Å². The number of aromatic amines is 1. The number of H-pyrrole nitrogens is 1. The van der Waals surface area contributed by atoms with E-state index in [1.807, 2.05) is 0 Å². The average molecular weight is 620 g/mol. The van der Waals surface area contributed by atoms with Crippen molar-refractivity contribution in [1.82, 2.24) is 35.5 Å². The molecule has 3 heterocycles. The molecule has 2 aromatic heterocycles. The zero-order valence-electron chi connectivity index (χ0n) is 23.9. The van der Waals surface area contributed by atoms with Gasteiger partial charge < -0.3 is 25.5 Å². The first kappa shape index (κ1) is 30.2. The molecule has 44 heavy (non-hydrogen) atoms. The van der Waals surface area contributed by atoms with Gasteiger partial charge in [0.1, 0.15) is 17.7 Å². The minimum atomic E-state index is -1.31. The summed E-state index contributed by atoms with van der Waals surface area (Å²) in [5.74, 6) is -0.837. The summed E-state index contributed by atoms with van der Waals surface area (Å²) in [6.45, 7) is 1.62. The molecule has 1 aliphatic heterocycles. The molecule has 0 radical (unpaired) electrons. The Bertz CT molecular complexity index is 1700. The molecule has 2 amide bonds. The quantitative estimate of drug-likeness (QED) is 0.191. The summed E-state index contributed by atoms with van der Waals surface area (Å²) >= 11 is 6.20. The molecule has 5 N–H and O–H groups in total. The number of carboxylic acids is 1. The average Bonchev–Trinajstić information content (AvgIpc) is 3.71. The van der Waals surface area contributed by atoms with Crippen molar-refractivity contribution < 1.29 is 24.2 Å². The second kappa shape index (κ2) is 13.0. The number of rotatable bonds is 6. The van der Waals surface area contributed by atoms with E-state index in [1.165, 1.54) is 24.2 Å². The Kier molecular flexibility index (Phi) is 8.90. The fourth-order valence-corrected chi connectivity index (χ4v) is 5.11. The first-order valence-corrected chi connectivity index (χ1v) is 14.1. The van der Waals surface area contributed by atoms with Crippen LogP contribution in [0.2, 0.25) is 5.02 Å². The number of ether oxygens (including phenoxy) is 1. The van der Waals surface area contributed by atoms with Crippen molar-refractivity contribution >= 4 is 47.0 Å². The minimum Gasteiger partial charge on any atom is -0.480 e. The van der Waals surface area contributed by atoms with Crippen molar-refractivity contribution in [3.8, 4) is 16.9 Å². The molecule has 0 unspecified atom stereocenters. The summed E-state index contributed by atoms with van der Waals surface area (Å²) in [7, 11) is 1.26. The third kappa shape index (κ3) is 6.86. The van der Waals surface area contributed by atoms with Gasteiger partial charge in [0.2, 0.25) is 5.91 Å². The van der Waals surface area contributed by atoms with Gasteiger partial charge in [0.05, 0.1) is 30.7 Å². The molecule has 0 fully saturated rings. The lowest BCUT2D eigenvalue weighted by Crippen LogP contribution is -2.43. The minimum absolute atomic E-state index is 0.310. The van der Waals surface area contributed by atoms with Gasteiger partial charge in [0.15, 0.2) is 0 Å². The highest BCUT2D eigenvalue weighted by molar-refractivity contribution is 6.30. The zero-order valence-corrected chi connectivity index (χ0v) is 24.6. The fourth-order valence-electron chi connectivity index (χ4n) is 4.93. The molecular weight excluding hydrogens is 590 g/mol. The Morgan fingerprint density at radius 1 is 1.20 bits per heavy atom. The molecule has 4 aromatic rings. The van der Waals surface area contributed by atoms with Gasteiger partial charge >= 0.3 is 12.1 Å². The number of aliphatic carboxylic acids is 1. The number of amides is 2. The number of benzene rings is 2. The van der Waals surface area contributed by atoms with Crippen molar-refractivity contribution in [3.05, 3.63) is 71.4 Å². The number of hydrogen-bond acceptors (Lipinski definition) is 9. The van der Waals surface area contributed by atoms with Gasteiger partial charge in [-0.05, 0) is 72.7 Å². The van der Waals surface area contributed by atoms with Crippen LogP contribution in [0.5, 0.6) is 0 Å². The van der Waals surface area contributed by atoms with Gasteiger partial charge in [0, 0.05) is 33.6 Å². The van der Waals surface area contributed by atoms with Gasteiger partial charge in [-0.25, -0.2) is 14.6 Å². The van der Waals surface area contributed by atoms with E-state index >= 15 is 0 Å². The molecule has 14 nitrogen and oxygen atoms in total. The number of fused-ring (bicyclic) bond motifs is 4. The van der Waals surface area contributed by atoms with Crippen LogP contribution in [0.25, 0.3) is 23.0 Å². The Hall–Kier alpha value is -5.24. The maximum Gasteiger partial charge on any atom is 0.411 e. The van der Waals surface area contributed by atoms with E-state index in [9.17, 15) is 19.5 Å². The topological polar surface area (TPSA) is 189 Å². The Labute approximate surface area is 256 Å². The first-order valence-electron chi connectivity index (χ1n) is 13.7. The van der Waals surface area contributed by atoms with E-state index in [1.54, 1.807) is 55.6 Å². The van der Waals surface area contributed by atoms with Crippen LogP contribution in [0.3, 0.4) is 0 Å². The number of nitrogens with zero attached hydrogens (tertiary/aromatic N) is 5. The lowest BCUT2D eigenvalue weighted by molar-refractivity contribution is -0.142. The number of hydrogen-bond donors (Lipinski definition) is 5. The van der Waals surface area contributed by atoms with Crippen LogP contribution in [-0.2, 0) is 14.3 Å². The Balaban J connectivity index is 1.43. The van der Waals surface area contributed by atoms with Crippen molar-refractivity contribution in [3.63, 3.8) is 0 Å². The van der Waals surface area contributed by atoms with Gasteiger partial charge in [-0.1, -0.05) is 24.4 Å². The van der Waals surface area contributed by atoms with Crippen molar-refractivity contribution in [1.29, 1.82) is 0 Å². The standard InChI is InChI=1S/C29H30ClN9O5/c1-29(27(41)42)12-4-3-5-21(34-25(40)11-6-17-13-18(30)7-10-24(17)39-16-32-37-38-39)26-31-15-23(35-26)20-9-8-19(14-22(20)36-29)33-28(43)44-2/h6-11,13-16,21,36H,3-5,12H2,1-2H3,(H,31,35)(H,33,43)(H,34,40)(H,41,42)/b11-6+/t21-,29-/m0/s1. The molecule has 2 aromatic carbocycles. The molecular formula is C29H30ClN9O5. The lowest BCUT2D eigenvalue weighted by atomic mass is 9.92. The second-order valence-electron chi connectivity index (χ2n) is 10.4. The van der Waals surface area contributed by atoms with Crippen molar-refractivity contribution in [2.75, 3.05) is 17.7 Å². The van der Waals surface area contributed by atoms with Gasteiger partial charge in [-0.2, -0.15) is 4.68 Å². The lowest BCUT2D eigenvalue weighted by Gasteiger charge is -2.29. The third-order valence-corrected chi connectivity index (χ3v) is 7.52. The van der Waals surface area contributed by atoms with E-state index in [2.05, 4.69) is 41.4 Å². The summed E-state index contributed by atoms with van der Waals surface area (Å²) in [4.78, 5) is 45.2. The largest absolute Gasteiger partial charge is 0.480 e. The third-order valence-electron chi connectivity index (χ3n) is 7.29. The number of carboxylic acid groups (broad SMARTS) is 1. The molecule has 228 valence electrons. The van der Waals surface area contributed by atoms with Crippen LogP contribution in [0.15, 0.2) is 55.0 Å². The Morgan fingerprint density at radius 3 is 2.80 bits per heavy atom. The number of tetrazole rings is 1. The summed E-state index contributed by atoms with van der Waals surface area (Å²) in [5.41, 5.74) is 2.09. The van der Waals surface area contributed by atoms with Crippen LogP contribution in [0, 0.1) is 0 Å². The van der Waals surface area contributed by atoms with Crippen LogP contribution in [0.4, 0.5) is 16.2 Å². The maximum absolute atomic E-state index is 13.1. The first-order chi connectivity index (χ1) is 21.1. The van der Waals surface area contributed by atoms with E-state index in [-0.39, 0.29) is 5.91 Å². The highest BCUT2D eigenvalue weighted by atomic mass is 35.5. The number of methoxy groups -OCH3 is 1. The number of halogens is 1. The molecule has 0 spiro atoms. The predicted molar refractivity (Wildman–Crippen MR) is 162 cm³/mol. The smallest absolute Gasteiger partial charge is 0.411 e. The fraction of sp³-hybridized carbons (Fsp3) is 0.276. The summed E-state index contributed by atoms with van der Waals surface area (Å²) in [6, 6.07) is 9.73. The summed E-state index contributed by atoms with van der Waals surface area (Å²) in [6.07, 6.45) is 7.44. The van der Waals surface area contributed by atoms with Crippen LogP contribution in [0.1, 0.15) is 50.0 Å². The number of imidazole rings is 1. The van der Waals surface area contributed by atoms with E-state index in [0.29, 0.717) is 70.4 Å². The van der Waals surface area contributed by atoms with Gasteiger partial charge in [-0.3, -0.25) is 10.1 Å². The normalized spacial score (nSPS) is 18.3. The van der Waals surface area contributed by atoms with E-state index in [0.717, 1.165) is 0 Å². The number of carbonyl (C=O) groups excluding carboxylic acids is 2. The Morgan fingerprint density at radius 2 is 2.05 bits per heavy atom. The molecule has 1 aliphatic rings. The van der Waals surface area contributed by atoms with Crippen LogP contribution < -0.4 is 16.0 Å². The highest BCUT2D eigenvalue weighted by Crippen LogP contribution is 2.35. The van der Waals surface area contributed by atoms with Crippen molar-refractivity contribution in [2.24, 2.45) is 0 Å².